The molecule has 0 heterocycles. The van der Waals surface area contributed by atoms with Crippen molar-refractivity contribution in [1.82, 2.24) is 0 Å². The van der Waals surface area contributed by atoms with Crippen molar-refractivity contribution in [2.24, 2.45) is 0 Å². The van der Waals surface area contributed by atoms with Crippen LogP contribution in [-0.4, -0.2) is 7.11 Å². The Morgan fingerprint density at radius 3 is 2.22 bits per heavy atom. The van der Waals surface area contributed by atoms with E-state index in [2.05, 4.69) is 29.7 Å². The van der Waals surface area contributed by atoms with Crippen molar-refractivity contribution >= 4 is 11.8 Å². The molecule has 0 unspecified atom stereocenters. The van der Waals surface area contributed by atoms with Gasteiger partial charge in [-0.05, 0) is 17.7 Å². The first-order chi connectivity index (χ1) is 8.88. The van der Waals surface area contributed by atoms with E-state index in [4.69, 9.17) is 4.74 Å². The summed E-state index contributed by atoms with van der Waals surface area (Å²) in [5.41, 5.74) is 1.26. The molecule has 0 fully saturated rings. The molecule has 0 aliphatic carbocycles. The van der Waals surface area contributed by atoms with Crippen LogP contribution in [0.1, 0.15) is 5.56 Å². The minimum Gasteiger partial charge on any atom is -0.500 e. The van der Waals surface area contributed by atoms with Crippen LogP contribution in [0.3, 0.4) is 0 Å². The van der Waals surface area contributed by atoms with E-state index in [1.54, 1.807) is 18.9 Å². The fourth-order valence-corrected chi connectivity index (χ4v) is 2.35. The summed E-state index contributed by atoms with van der Waals surface area (Å²) in [5, 5.41) is 2.07. The molecule has 2 rings (SSSR count). The number of rotatable bonds is 5. The smallest absolute Gasteiger partial charge is 0.106 e. The maximum absolute atomic E-state index is 5.42. The second kappa shape index (κ2) is 6.92. The number of thioether (sulfide) groups is 1. The van der Waals surface area contributed by atoms with Gasteiger partial charge < -0.3 is 4.74 Å². The topological polar surface area (TPSA) is 9.23 Å². The molecular weight excluding hydrogens is 240 g/mol. The van der Waals surface area contributed by atoms with Crippen LogP contribution in [0.4, 0.5) is 0 Å². The Morgan fingerprint density at radius 2 is 1.61 bits per heavy atom. The van der Waals surface area contributed by atoms with E-state index in [9.17, 15) is 0 Å². The highest BCUT2D eigenvalue weighted by molar-refractivity contribution is 8.02. The molecule has 0 atom stereocenters. The summed E-state index contributed by atoms with van der Waals surface area (Å²) in [6.45, 7) is 0. The van der Waals surface area contributed by atoms with Crippen LogP contribution in [0.15, 0.2) is 76.7 Å². The van der Waals surface area contributed by atoms with E-state index in [0.29, 0.717) is 0 Å². The van der Waals surface area contributed by atoms with Gasteiger partial charge in [0.15, 0.2) is 0 Å². The zero-order valence-electron chi connectivity index (χ0n) is 10.4. The second-order valence-corrected chi connectivity index (χ2v) is 4.82. The summed E-state index contributed by atoms with van der Waals surface area (Å²) < 4.78 is 5.42. The van der Waals surface area contributed by atoms with Gasteiger partial charge in [-0.1, -0.05) is 60.3 Å². The van der Waals surface area contributed by atoms with E-state index < -0.39 is 0 Å². The Morgan fingerprint density at radius 1 is 1.00 bits per heavy atom. The Kier molecular flexibility index (Phi) is 4.91. The highest BCUT2D eigenvalue weighted by atomic mass is 32.2. The number of ether oxygens (including phenoxy) is 1. The third-order valence-corrected chi connectivity index (χ3v) is 3.48. The SMILES string of the molecule is CO/C(=C\Sc1ccccc1)Cc1ccccc1. The van der Waals surface area contributed by atoms with Gasteiger partial charge >= 0.3 is 0 Å². The van der Waals surface area contributed by atoms with Crippen molar-refractivity contribution in [2.75, 3.05) is 7.11 Å². The number of allylic oxidation sites excluding steroid dienone is 1. The lowest BCUT2D eigenvalue weighted by Gasteiger charge is -2.06. The summed E-state index contributed by atoms with van der Waals surface area (Å²) in [6, 6.07) is 20.6. The molecule has 1 nitrogen and oxygen atoms in total. The van der Waals surface area contributed by atoms with E-state index in [0.717, 1.165) is 12.2 Å². The zero-order valence-corrected chi connectivity index (χ0v) is 11.2. The van der Waals surface area contributed by atoms with Crippen LogP contribution in [0, 0.1) is 0 Å². The van der Waals surface area contributed by atoms with Crippen LogP contribution >= 0.6 is 11.8 Å². The van der Waals surface area contributed by atoms with Gasteiger partial charge in [0.05, 0.1) is 7.11 Å². The molecule has 2 aromatic carbocycles. The molecular formula is C16H16OS. The summed E-state index contributed by atoms with van der Waals surface area (Å²) in [6.07, 6.45) is 0.831. The number of hydrogen-bond acceptors (Lipinski definition) is 2. The molecule has 0 saturated heterocycles. The molecule has 92 valence electrons. The van der Waals surface area contributed by atoms with Gasteiger partial charge in [-0.2, -0.15) is 0 Å². The Balaban J connectivity index is 2.00. The van der Waals surface area contributed by atoms with Crippen LogP contribution in [0.2, 0.25) is 0 Å². The fraction of sp³-hybridized carbons (Fsp3) is 0.125. The fourth-order valence-electron chi connectivity index (χ4n) is 1.59. The molecule has 0 spiro atoms. The summed E-state index contributed by atoms with van der Waals surface area (Å²) in [5.74, 6) is 0.982. The molecule has 0 bridgehead atoms. The van der Waals surface area contributed by atoms with Crippen molar-refractivity contribution in [1.29, 1.82) is 0 Å². The lowest BCUT2D eigenvalue weighted by atomic mass is 10.1. The molecule has 0 aliphatic heterocycles. The Bertz CT molecular complexity index is 491. The van der Waals surface area contributed by atoms with Crippen LogP contribution < -0.4 is 0 Å². The van der Waals surface area contributed by atoms with Gasteiger partial charge in [-0.15, -0.1) is 0 Å². The molecule has 0 N–H and O–H groups in total. The predicted molar refractivity (Wildman–Crippen MR) is 77.5 cm³/mol. The van der Waals surface area contributed by atoms with Crippen molar-refractivity contribution < 1.29 is 4.74 Å². The van der Waals surface area contributed by atoms with Crippen molar-refractivity contribution in [3.63, 3.8) is 0 Å². The molecule has 18 heavy (non-hydrogen) atoms. The normalized spacial score (nSPS) is 11.3. The quantitative estimate of drug-likeness (QED) is 0.575. The minimum atomic E-state index is 0.831. The highest BCUT2D eigenvalue weighted by Crippen LogP contribution is 2.21. The summed E-state index contributed by atoms with van der Waals surface area (Å²) in [7, 11) is 1.72. The lowest BCUT2D eigenvalue weighted by Crippen LogP contribution is -1.92. The van der Waals surface area contributed by atoms with Crippen molar-refractivity contribution in [3.8, 4) is 0 Å². The average Bonchev–Trinajstić information content (AvgIpc) is 2.45. The molecule has 2 heteroatoms. The summed E-state index contributed by atoms with van der Waals surface area (Å²) in [4.78, 5) is 1.22. The molecule has 0 radical (unpaired) electrons. The number of hydrogen-bond donors (Lipinski definition) is 0. The molecule has 0 aromatic heterocycles. The van der Waals surface area contributed by atoms with Crippen molar-refractivity contribution in [3.05, 3.63) is 77.4 Å². The number of methoxy groups -OCH3 is 1. The molecule has 0 aliphatic rings. The Hall–Kier alpha value is -1.67. The lowest BCUT2D eigenvalue weighted by molar-refractivity contribution is 0.284. The average molecular weight is 256 g/mol. The summed E-state index contributed by atoms with van der Waals surface area (Å²) >= 11 is 1.69. The first kappa shape index (κ1) is 12.8. The number of benzene rings is 2. The largest absolute Gasteiger partial charge is 0.500 e. The van der Waals surface area contributed by atoms with Gasteiger partial charge in [0.1, 0.15) is 5.76 Å². The van der Waals surface area contributed by atoms with E-state index >= 15 is 0 Å². The standard InChI is InChI=1S/C16H16OS/c1-17-15(12-14-8-4-2-5-9-14)13-18-16-10-6-3-7-11-16/h2-11,13H,12H2,1H3/b15-13-. The zero-order chi connectivity index (χ0) is 12.6. The maximum atomic E-state index is 5.42. The van der Waals surface area contributed by atoms with Crippen LogP contribution in [0.25, 0.3) is 0 Å². The van der Waals surface area contributed by atoms with E-state index in [-0.39, 0.29) is 0 Å². The second-order valence-electron chi connectivity index (χ2n) is 3.88. The van der Waals surface area contributed by atoms with Crippen LogP contribution in [0.5, 0.6) is 0 Å². The predicted octanol–water partition coefficient (Wildman–Crippen LogP) is 4.51. The third-order valence-electron chi connectivity index (χ3n) is 2.55. The molecule has 0 amide bonds. The third kappa shape index (κ3) is 3.97. The van der Waals surface area contributed by atoms with E-state index in [1.165, 1.54) is 10.5 Å². The van der Waals surface area contributed by atoms with Gasteiger partial charge in [-0.25, -0.2) is 0 Å². The van der Waals surface area contributed by atoms with Gasteiger partial charge in [-0.3, -0.25) is 0 Å². The molecule has 2 aromatic rings. The van der Waals surface area contributed by atoms with Gasteiger partial charge in [0.25, 0.3) is 0 Å². The minimum absolute atomic E-state index is 0.831. The van der Waals surface area contributed by atoms with Crippen molar-refractivity contribution in [2.45, 2.75) is 11.3 Å². The monoisotopic (exact) mass is 256 g/mol. The molecule has 0 saturated carbocycles. The Labute approximate surface area is 112 Å². The first-order valence-electron chi connectivity index (χ1n) is 5.87. The highest BCUT2D eigenvalue weighted by Gasteiger charge is 1.99. The van der Waals surface area contributed by atoms with Crippen LogP contribution in [-0.2, 0) is 11.2 Å². The van der Waals surface area contributed by atoms with E-state index in [1.807, 2.05) is 36.4 Å². The van der Waals surface area contributed by atoms with Gasteiger partial charge in [0, 0.05) is 16.7 Å². The van der Waals surface area contributed by atoms with Gasteiger partial charge in [0.2, 0.25) is 0 Å². The first-order valence-corrected chi connectivity index (χ1v) is 6.75. The maximum Gasteiger partial charge on any atom is 0.106 e.